The monoisotopic (exact) mass is 353 g/mol. The lowest BCUT2D eigenvalue weighted by Crippen LogP contribution is -2.40. The molecule has 21 heavy (non-hydrogen) atoms. The molecule has 0 amide bonds. The Morgan fingerprint density at radius 3 is 2.76 bits per heavy atom. The number of nitrogens with one attached hydrogen (secondary N) is 1. The summed E-state index contributed by atoms with van der Waals surface area (Å²) in [7, 11) is 2.21. The van der Waals surface area contributed by atoms with Gasteiger partial charge in [0, 0.05) is 41.9 Å². The van der Waals surface area contributed by atoms with Crippen LogP contribution in [-0.4, -0.2) is 24.1 Å². The number of anilines is 1. The molecule has 0 bridgehead atoms. The van der Waals surface area contributed by atoms with Gasteiger partial charge in [-0.3, -0.25) is 0 Å². The van der Waals surface area contributed by atoms with Crippen LogP contribution >= 0.6 is 15.9 Å². The lowest BCUT2D eigenvalue weighted by Gasteiger charge is -2.38. The summed E-state index contributed by atoms with van der Waals surface area (Å²) in [6.07, 6.45) is 7.26. The van der Waals surface area contributed by atoms with E-state index in [1.807, 2.05) is 6.20 Å². The van der Waals surface area contributed by atoms with Crippen LogP contribution in [0.25, 0.3) is 0 Å². The van der Waals surface area contributed by atoms with Crippen molar-refractivity contribution in [3.63, 3.8) is 0 Å². The molecule has 0 spiro atoms. The van der Waals surface area contributed by atoms with Gasteiger partial charge < -0.3 is 10.2 Å². The molecule has 1 aliphatic carbocycles. The molecular formula is C17H28BrN3. The molecule has 2 rings (SSSR count). The highest BCUT2D eigenvalue weighted by molar-refractivity contribution is 9.10. The Hall–Kier alpha value is -0.610. The van der Waals surface area contributed by atoms with Gasteiger partial charge in [-0.2, -0.15) is 0 Å². The summed E-state index contributed by atoms with van der Waals surface area (Å²) in [6.45, 7) is 7.60. The summed E-state index contributed by atoms with van der Waals surface area (Å²) < 4.78 is 1.05. The Morgan fingerprint density at radius 2 is 2.10 bits per heavy atom. The second-order valence-electron chi connectivity index (χ2n) is 6.61. The van der Waals surface area contributed by atoms with E-state index in [4.69, 9.17) is 4.98 Å². The molecule has 0 radical (unpaired) electrons. The highest BCUT2D eigenvalue weighted by Crippen LogP contribution is 2.31. The second kappa shape index (κ2) is 7.59. The number of aromatic nitrogens is 1. The van der Waals surface area contributed by atoms with Crippen molar-refractivity contribution in [1.82, 2.24) is 10.3 Å². The van der Waals surface area contributed by atoms with Gasteiger partial charge in [0.05, 0.1) is 0 Å². The van der Waals surface area contributed by atoms with Crippen molar-refractivity contribution in [2.75, 3.05) is 11.9 Å². The Balaban J connectivity index is 2.20. The van der Waals surface area contributed by atoms with Gasteiger partial charge in [0.1, 0.15) is 5.82 Å². The first-order valence-electron chi connectivity index (χ1n) is 8.09. The Labute approximate surface area is 137 Å². The molecule has 1 saturated carbocycles. The average Bonchev–Trinajstić information content (AvgIpc) is 2.45. The third-order valence-corrected chi connectivity index (χ3v) is 4.94. The zero-order valence-electron chi connectivity index (χ0n) is 13.7. The normalized spacial score (nSPS) is 22.6. The predicted molar refractivity (Wildman–Crippen MR) is 93.7 cm³/mol. The summed E-state index contributed by atoms with van der Waals surface area (Å²) in [5, 5.41) is 3.51. The van der Waals surface area contributed by atoms with Crippen molar-refractivity contribution in [3.05, 3.63) is 22.3 Å². The first kappa shape index (κ1) is 16.8. The molecule has 1 heterocycles. The zero-order chi connectivity index (χ0) is 15.4. The lowest BCUT2D eigenvalue weighted by atomic mass is 9.85. The predicted octanol–water partition coefficient (Wildman–Crippen LogP) is 4.36. The van der Waals surface area contributed by atoms with Crippen LogP contribution < -0.4 is 10.2 Å². The lowest BCUT2D eigenvalue weighted by molar-refractivity contribution is 0.320. The van der Waals surface area contributed by atoms with Crippen LogP contribution in [0.3, 0.4) is 0 Å². The highest BCUT2D eigenvalue weighted by Gasteiger charge is 2.27. The molecule has 1 aromatic heterocycles. The maximum absolute atomic E-state index is 4.70. The zero-order valence-corrected chi connectivity index (χ0v) is 15.3. The standard InChI is InChI=1S/C17H28BrN3/c1-12(2)19-10-14-9-15(18)11-20-17(14)21(4)16-8-6-5-7-13(16)3/h9,11-13,16,19H,5-8,10H2,1-4H3. The SMILES string of the molecule is CC(C)NCc1cc(Br)cnc1N(C)C1CCCCC1C. The van der Waals surface area contributed by atoms with Crippen LogP contribution in [0.15, 0.2) is 16.7 Å². The van der Waals surface area contributed by atoms with Crippen molar-refractivity contribution in [2.45, 2.75) is 65.1 Å². The van der Waals surface area contributed by atoms with Crippen LogP contribution in [0.2, 0.25) is 0 Å². The summed E-state index contributed by atoms with van der Waals surface area (Å²) in [5.41, 5.74) is 1.28. The van der Waals surface area contributed by atoms with E-state index in [2.05, 4.69) is 60.0 Å². The molecule has 0 aliphatic heterocycles. The van der Waals surface area contributed by atoms with Crippen LogP contribution in [-0.2, 0) is 6.54 Å². The molecule has 1 fully saturated rings. The van der Waals surface area contributed by atoms with E-state index in [1.54, 1.807) is 0 Å². The van der Waals surface area contributed by atoms with E-state index in [1.165, 1.54) is 31.2 Å². The third-order valence-electron chi connectivity index (χ3n) is 4.51. The number of halogens is 1. The van der Waals surface area contributed by atoms with Crippen LogP contribution in [0, 0.1) is 5.92 Å². The fraction of sp³-hybridized carbons (Fsp3) is 0.706. The summed E-state index contributed by atoms with van der Waals surface area (Å²) >= 11 is 3.55. The molecular weight excluding hydrogens is 326 g/mol. The number of nitrogens with zero attached hydrogens (tertiary/aromatic N) is 2. The molecule has 2 unspecified atom stereocenters. The maximum Gasteiger partial charge on any atom is 0.133 e. The number of hydrogen-bond donors (Lipinski definition) is 1. The van der Waals surface area contributed by atoms with E-state index >= 15 is 0 Å². The smallest absolute Gasteiger partial charge is 0.133 e. The first-order chi connectivity index (χ1) is 9.99. The van der Waals surface area contributed by atoms with Crippen molar-refractivity contribution in [3.8, 4) is 0 Å². The molecule has 1 aromatic rings. The van der Waals surface area contributed by atoms with E-state index in [9.17, 15) is 0 Å². The number of rotatable bonds is 5. The highest BCUT2D eigenvalue weighted by atomic mass is 79.9. The van der Waals surface area contributed by atoms with Gasteiger partial charge in [0.25, 0.3) is 0 Å². The van der Waals surface area contributed by atoms with Crippen molar-refractivity contribution < 1.29 is 0 Å². The van der Waals surface area contributed by atoms with Gasteiger partial charge in [-0.25, -0.2) is 4.98 Å². The van der Waals surface area contributed by atoms with E-state index in [0.717, 1.165) is 22.8 Å². The molecule has 3 nitrogen and oxygen atoms in total. The second-order valence-corrected chi connectivity index (χ2v) is 7.53. The fourth-order valence-corrected chi connectivity index (χ4v) is 3.64. The maximum atomic E-state index is 4.70. The summed E-state index contributed by atoms with van der Waals surface area (Å²) in [6, 6.07) is 3.29. The minimum atomic E-state index is 0.482. The van der Waals surface area contributed by atoms with Gasteiger partial charge >= 0.3 is 0 Å². The molecule has 4 heteroatoms. The van der Waals surface area contributed by atoms with Gasteiger partial charge in [0.15, 0.2) is 0 Å². The topological polar surface area (TPSA) is 28.2 Å². The molecule has 1 aliphatic rings. The van der Waals surface area contributed by atoms with Gasteiger partial charge in [-0.05, 0) is 40.8 Å². The fourth-order valence-electron chi connectivity index (χ4n) is 3.26. The largest absolute Gasteiger partial charge is 0.356 e. The quantitative estimate of drug-likeness (QED) is 0.852. The van der Waals surface area contributed by atoms with Gasteiger partial charge in [-0.15, -0.1) is 0 Å². The summed E-state index contributed by atoms with van der Waals surface area (Å²) in [4.78, 5) is 7.12. The summed E-state index contributed by atoms with van der Waals surface area (Å²) in [5.74, 6) is 1.88. The first-order valence-corrected chi connectivity index (χ1v) is 8.89. The van der Waals surface area contributed by atoms with Gasteiger partial charge in [0.2, 0.25) is 0 Å². The van der Waals surface area contributed by atoms with E-state index in [0.29, 0.717) is 12.1 Å². The van der Waals surface area contributed by atoms with Crippen LogP contribution in [0.5, 0.6) is 0 Å². The Morgan fingerprint density at radius 1 is 1.38 bits per heavy atom. The minimum Gasteiger partial charge on any atom is -0.356 e. The minimum absolute atomic E-state index is 0.482. The third kappa shape index (κ3) is 4.43. The Kier molecular flexibility index (Phi) is 6.06. The molecule has 0 saturated heterocycles. The van der Waals surface area contributed by atoms with Gasteiger partial charge in [-0.1, -0.05) is 33.6 Å². The average molecular weight is 354 g/mol. The molecule has 0 aromatic carbocycles. The Bertz CT molecular complexity index is 461. The van der Waals surface area contributed by atoms with Crippen LogP contribution in [0.1, 0.15) is 52.0 Å². The number of pyridine rings is 1. The van der Waals surface area contributed by atoms with Crippen LogP contribution in [0.4, 0.5) is 5.82 Å². The van der Waals surface area contributed by atoms with Crippen molar-refractivity contribution in [2.24, 2.45) is 5.92 Å². The molecule has 2 atom stereocenters. The van der Waals surface area contributed by atoms with E-state index in [-0.39, 0.29) is 0 Å². The number of hydrogen-bond acceptors (Lipinski definition) is 3. The molecule has 118 valence electrons. The van der Waals surface area contributed by atoms with Crippen molar-refractivity contribution in [1.29, 1.82) is 0 Å². The van der Waals surface area contributed by atoms with E-state index < -0.39 is 0 Å². The molecule has 1 N–H and O–H groups in total. The van der Waals surface area contributed by atoms with Crippen molar-refractivity contribution >= 4 is 21.7 Å².